The highest BCUT2D eigenvalue weighted by Gasteiger charge is 2.16. The van der Waals surface area contributed by atoms with E-state index in [1.165, 1.54) is 0 Å². The van der Waals surface area contributed by atoms with E-state index in [1.807, 2.05) is 30.7 Å². The number of benzene rings is 1. The lowest BCUT2D eigenvalue weighted by Crippen LogP contribution is -2.36. The Hall–Kier alpha value is -2.65. The van der Waals surface area contributed by atoms with Crippen LogP contribution < -0.4 is 10.5 Å². The topological polar surface area (TPSA) is 63.1 Å². The molecule has 1 aliphatic heterocycles. The normalized spacial score (nSPS) is 15.4. The molecule has 0 saturated carbocycles. The maximum absolute atomic E-state index is 13.0. The molecule has 31 heavy (non-hydrogen) atoms. The molecule has 1 atom stereocenters. The number of ether oxygens (including phenoxy) is 1. The fourth-order valence-electron chi connectivity index (χ4n) is 4.13. The Morgan fingerprint density at radius 2 is 2.00 bits per heavy atom. The quantitative estimate of drug-likeness (QED) is 0.400. The minimum Gasteiger partial charge on any atom is -0.378 e. The molecule has 0 bridgehead atoms. The van der Waals surface area contributed by atoms with Crippen LogP contribution in [-0.4, -0.2) is 40.8 Å². The maximum atomic E-state index is 13.0. The maximum Gasteiger partial charge on any atom is 0.251 e. The molecule has 1 unspecified atom stereocenters. The standard InChI is InChI=1S/C24H23IN4O2/c1-16(17-3-2-4-19(25)11-17)29-6-5-18(12-23(29)30)22-15-27-24-21(22)13-20(14-26-24)28-7-9-31-10-8-28/h2-6,11-16H,7-10H2,1H3,(H,26,27). The van der Waals surface area contributed by atoms with Gasteiger partial charge in [-0.3, -0.25) is 4.79 Å². The second kappa shape index (κ2) is 8.47. The summed E-state index contributed by atoms with van der Waals surface area (Å²) in [5, 5.41) is 1.02. The lowest BCUT2D eigenvalue weighted by atomic mass is 10.1. The average molecular weight is 526 g/mol. The zero-order valence-electron chi connectivity index (χ0n) is 17.2. The summed E-state index contributed by atoms with van der Waals surface area (Å²) >= 11 is 2.30. The van der Waals surface area contributed by atoms with Crippen LogP contribution in [0.4, 0.5) is 5.69 Å². The first-order chi connectivity index (χ1) is 15.1. The highest BCUT2D eigenvalue weighted by Crippen LogP contribution is 2.30. The average Bonchev–Trinajstić information content (AvgIpc) is 3.22. The van der Waals surface area contributed by atoms with E-state index in [0.717, 1.165) is 63.3 Å². The molecule has 1 aromatic carbocycles. The number of morpholine rings is 1. The molecule has 158 valence electrons. The number of pyridine rings is 2. The molecule has 0 spiro atoms. The van der Waals surface area contributed by atoms with Crippen LogP contribution >= 0.6 is 22.6 Å². The third-order valence-corrected chi connectivity index (χ3v) is 6.57. The van der Waals surface area contributed by atoms with Crippen LogP contribution in [0, 0.1) is 3.57 Å². The van der Waals surface area contributed by atoms with Gasteiger partial charge in [0.15, 0.2) is 0 Å². The summed E-state index contributed by atoms with van der Waals surface area (Å²) in [5.41, 5.74) is 4.89. The Bertz CT molecular complexity index is 1290. The fourth-order valence-corrected chi connectivity index (χ4v) is 4.70. The highest BCUT2D eigenvalue weighted by atomic mass is 127. The predicted molar refractivity (Wildman–Crippen MR) is 132 cm³/mol. The van der Waals surface area contributed by atoms with Crippen molar-refractivity contribution in [1.29, 1.82) is 0 Å². The fraction of sp³-hybridized carbons (Fsp3) is 0.250. The van der Waals surface area contributed by atoms with Crippen LogP contribution in [0.15, 0.2) is 65.8 Å². The van der Waals surface area contributed by atoms with E-state index in [9.17, 15) is 4.79 Å². The number of aromatic amines is 1. The molecule has 1 aliphatic rings. The monoisotopic (exact) mass is 526 g/mol. The number of aromatic nitrogens is 3. The van der Waals surface area contributed by atoms with Crippen molar-refractivity contribution in [3.63, 3.8) is 0 Å². The lowest BCUT2D eigenvalue weighted by molar-refractivity contribution is 0.122. The largest absolute Gasteiger partial charge is 0.378 e. The number of fused-ring (bicyclic) bond motifs is 1. The van der Waals surface area contributed by atoms with Crippen molar-refractivity contribution in [2.45, 2.75) is 13.0 Å². The van der Waals surface area contributed by atoms with Crippen LogP contribution in [-0.2, 0) is 4.74 Å². The molecule has 4 aromatic rings. The van der Waals surface area contributed by atoms with Gasteiger partial charge in [0.1, 0.15) is 5.65 Å². The van der Waals surface area contributed by atoms with Crippen molar-refractivity contribution in [1.82, 2.24) is 14.5 Å². The van der Waals surface area contributed by atoms with Crippen LogP contribution in [0.2, 0.25) is 0 Å². The van der Waals surface area contributed by atoms with E-state index in [0.29, 0.717) is 0 Å². The number of hydrogen-bond acceptors (Lipinski definition) is 4. The van der Waals surface area contributed by atoms with Gasteiger partial charge in [0.05, 0.1) is 31.1 Å². The SMILES string of the molecule is CC(c1cccc(I)c1)n1ccc(-c2c[nH]c3ncc(N4CCOCC4)cc23)cc1=O. The van der Waals surface area contributed by atoms with Gasteiger partial charge in [-0.15, -0.1) is 0 Å². The van der Waals surface area contributed by atoms with E-state index in [-0.39, 0.29) is 11.6 Å². The van der Waals surface area contributed by atoms with Crippen molar-refractivity contribution in [2.75, 3.05) is 31.2 Å². The number of hydrogen-bond donors (Lipinski definition) is 1. The first-order valence-corrected chi connectivity index (χ1v) is 11.5. The van der Waals surface area contributed by atoms with Crippen molar-refractivity contribution >= 4 is 39.3 Å². The lowest BCUT2D eigenvalue weighted by Gasteiger charge is -2.28. The van der Waals surface area contributed by atoms with Gasteiger partial charge in [-0.05, 0) is 64.9 Å². The Kier molecular flexibility index (Phi) is 5.54. The Morgan fingerprint density at radius 1 is 1.16 bits per heavy atom. The van der Waals surface area contributed by atoms with Gasteiger partial charge in [0, 0.05) is 46.1 Å². The van der Waals surface area contributed by atoms with Crippen LogP contribution in [0.5, 0.6) is 0 Å². The summed E-state index contributed by atoms with van der Waals surface area (Å²) in [4.78, 5) is 23.1. The van der Waals surface area contributed by atoms with Crippen molar-refractivity contribution in [3.05, 3.63) is 80.5 Å². The highest BCUT2D eigenvalue weighted by molar-refractivity contribution is 14.1. The molecule has 1 saturated heterocycles. The zero-order chi connectivity index (χ0) is 21.4. The summed E-state index contributed by atoms with van der Waals surface area (Å²) in [6, 6.07) is 14.1. The van der Waals surface area contributed by atoms with Gasteiger partial charge in [-0.25, -0.2) is 4.98 Å². The Balaban J connectivity index is 1.50. The van der Waals surface area contributed by atoms with Crippen molar-refractivity contribution in [2.24, 2.45) is 0 Å². The number of nitrogens with one attached hydrogen (secondary N) is 1. The van der Waals surface area contributed by atoms with Crippen molar-refractivity contribution in [3.8, 4) is 11.1 Å². The second-order valence-corrected chi connectivity index (χ2v) is 9.03. The van der Waals surface area contributed by atoms with E-state index >= 15 is 0 Å². The molecule has 0 amide bonds. The number of nitrogens with zero attached hydrogens (tertiary/aromatic N) is 3. The molecular formula is C24H23IN4O2. The van der Waals surface area contributed by atoms with Gasteiger partial charge in [-0.2, -0.15) is 0 Å². The third-order valence-electron chi connectivity index (χ3n) is 5.90. The van der Waals surface area contributed by atoms with Crippen LogP contribution in [0.25, 0.3) is 22.2 Å². The first kappa shape index (κ1) is 20.3. The van der Waals surface area contributed by atoms with Gasteiger partial charge in [-0.1, -0.05) is 12.1 Å². The number of rotatable bonds is 4. The van der Waals surface area contributed by atoms with Crippen LogP contribution in [0.1, 0.15) is 18.5 Å². The summed E-state index contributed by atoms with van der Waals surface area (Å²) < 4.78 is 8.40. The van der Waals surface area contributed by atoms with E-state index in [2.05, 4.69) is 68.6 Å². The zero-order valence-corrected chi connectivity index (χ0v) is 19.4. The molecule has 6 nitrogen and oxygen atoms in total. The van der Waals surface area contributed by atoms with Crippen molar-refractivity contribution < 1.29 is 4.74 Å². The molecule has 4 heterocycles. The molecule has 1 fully saturated rings. The number of H-pyrrole nitrogens is 1. The van der Waals surface area contributed by atoms with Gasteiger partial charge in [0.2, 0.25) is 0 Å². The van der Waals surface area contributed by atoms with Crippen LogP contribution in [0.3, 0.4) is 0 Å². The van der Waals surface area contributed by atoms with E-state index < -0.39 is 0 Å². The Labute approximate surface area is 194 Å². The smallest absolute Gasteiger partial charge is 0.251 e. The third kappa shape index (κ3) is 3.99. The molecule has 5 rings (SSSR count). The van der Waals surface area contributed by atoms with E-state index in [1.54, 1.807) is 10.6 Å². The molecule has 0 radical (unpaired) electrons. The first-order valence-electron chi connectivity index (χ1n) is 10.4. The predicted octanol–water partition coefficient (Wildman–Crippen LogP) is 4.44. The molecular weight excluding hydrogens is 503 g/mol. The number of halogens is 1. The summed E-state index contributed by atoms with van der Waals surface area (Å²) in [6.07, 6.45) is 5.72. The minimum atomic E-state index is -0.0335. The summed E-state index contributed by atoms with van der Waals surface area (Å²) in [7, 11) is 0. The van der Waals surface area contributed by atoms with Gasteiger partial charge in [0.25, 0.3) is 5.56 Å². The minimum absolute atomic E-state index is 0.0181. The molecule has 3 aromatic heterocycles. The second-order valence-electron chi connectivity index (χ2n) is 7.78. The summed E-state index contributed by atoms with van der Waals surface area (Å²) in [6.45, 7) is 5.24. The summed E-state index contributed by atoms with van der Waals surface area (Å²) in [5.74, 6) is 0. The van der Waals surface area contributed by atoms with Gasteiger partial charge >= 0.3 is 0 Å². The Morgan fingerprint density at radius 3 is 2.77 bits per heavy atom. The molecule has 0 aliphatic carbocycles. The number of anilines is 1. The molecule has 1 N–H and O–H groups in total. The molecule has 7 heteroatoms. The van der Waals surface area contributed by atoms with E-state index in [4.69, 9.17) is 4.74 Å². The van der Waals surface area contributed by atoms with Gasteiger partial charge < -0.3 is 19.2 Å².